The standard InChI is InChI=1S/C39H51N7O6S3/c1-27(2)37-42-32(25-53-37)23-46(3)38(48)44-34(17-18-36(40)45-55(4,50)51)35(47)21-30(19-28-11-7-5-8-12-28)15-16-31(20-29-13-9-6-10-14-29)43-39(49)52-24-33-22-41-26-54-33/h5-14,22,25-27,30-31,34H,15-21,23-24H2,1-4H3,(H2,40,45)(H,43,49)(H,44,48). The maximum absolute atomic E-state index is 14.2. The van der Waals surface area contributed by atoms with E-state index in [0.29, 0.717) is 25.7 Å². The Morgan fingerprint density at radius 2 is 1.62 bits per heavy atom. The fourth-order valence-electron chi connectivity index (χ4n) is 5.97. The lowest BCUT2D eigenvalue weighted by Crippen LogP contribution is -2.47. The SMILES string of the molecule is CC(C)c1nc(CN(C)C(=O)NC(CCC(N)=NS(C)(=O)=O)C(=O)CC(CCC(Cc2ccccc2)NC(=O)OCc2cncs2)Cc2ccccc2)cs1. The van der Waals surface area contributed by atoms with Gasteiger partial charge in [-0.05, 0) is 49.1 Å². The number of urea groups is 1. The van der Waals surface area contributed by atoms with Crippen LogP contribution in [0.5, 0.6) is 0 Å². The van der Waals surface area contributed by atoms with Crippen LogP contribution in [0.25, 0.3) is 0 Å². The molecule has 0 saturated carbocycles. The molecule has 0 fully saturated rings. The molecule has 13 nitrogen and oxygen atoms in total. The Balaban J connectivity index is 1.51. The van der Waals surface area contributed by atoms with E-state index < -0.39 is 28.2 Å². The Kier molecular flexibility index (Phi) is 16.8. The Morgan fingerprint density at radius 1 is 0.945 bits per heavy atom. The molecule has 0 radical (unpaired) electrons. The van der Waals surface area contributed by atoms with Crippen LogP contribution in [0.3, 0.4) is 0 Å². The summed E-state index contributed by atoms with van der Waals surface area (Å²) in [4.78, 5) is 51.6. The van der Waals surface area contributed by atoms with Crippen molar-refractivity contribution in [1.29, 1.82) is 0 Å². The smallest absolute Gasteiger partial charge is 0.407 e. The Bertz CT molecular complexity index is 1940. The minimum atomic E-state index is -3.75. The van der Waals surface area contributed by atoms with Crippen LogP contribution in [-0.2, 0) is 45.5 Å². The average Bonchev–Trinajstić information content (AvgIpc) is 3.84. The molecule has 3 unspecified atom stereocenters. The van der Waals surface area contributed by atoms with E-state index in [1.54, 1.807) is 18.8 Å². The molecule has 0 saturated heterocycles. The number of sulfonamides is 1. The molecule has 0 spiro atoms. The Morgan fingerprint density at radius 3 is 2.22 bits per heavy atom. The highest BCUT2D eigenvalue weighted by Crippen LogP contribution is 2.23. The van der Waals surface area contributed by atoms with Crippen molar-refractivity contribution in [2.45, 2.75) is 89.9 Å². The summed E-state index contributed by atoms with van der Waals surface area (Å²) in [5.74, 6) is -0.270. The third kappa shape index (κ3) is 15.9. The number of thiazole rings is 2. The van der Waals surface area contributed by atoms with E-state index in [-0.39, 0.29) is 61.9 Å². The number of nitrogens with two attached hydrogens (primary N) is 1. The number of alkyl carbamates (subject to hydrolysis) is 1. The zero-order valence-electron chi connectivity index (χ0n) is 31.7. The van der Waals surface area contributed by atoms with Gasteiger partial charge in [-0.3, -0.25) is 9.78 Å². The molecule has 4 aromatic rings. The first-order valence-electron chi connectivity index (χ1n) is 18.2. The highest BCUT2D eigenvalue weighted by Gasteiger charge is 2.27. The number of nitrogens with zero attached hydrogens (tertiary/aromatic N) is 4. The minimum Gasteiger partial charge on any atom is -0.444 e. The van der Waals surface area contributed by atoms with Gasteiger partial charge in [-0.1, -0.05) is 74.5 Å². The van der Waals surface area contributed by atoms with Crippen molar-refractivity contribution in [3.8, 4) is 0 Å². The van der Waals surface area contributed by atoms with Crippen molar-refractivity contribution in [2.75, 3.05) is 13.3 Å². The van der Waals surface area contributed by atoms with Crippen molar-refractivity contribution in [3.05, 3.63) is 104 Å². The van der Waals surface area contributed by atoms with Crippen LogP contribution >= 0.6 is 22.7 Å². The number of amidine groups is 1. The van der Waals surface area contributed by atoms with Crippen LogP contribution in [-0.4, -0.2) is 72.4 Å². The molecule has 55 heavy (non-hydrogen) atoms. The second kappa shape index (κ2) is 21.4. The summed E-state index contributed by atoms with van der Waals surface area (Å²) in [5.41, 5.74) is 10.5. The summed E-state index contributed by atoms with van der Waals surface area (Å²) in [5, 5.41) is 8.80. The number of ketones is 1. The number of carbonyl (C=O) groups excluding carboxylic acids is 3. The monoisotopic (exact) mass is 809 g/mol. The van der Waals surface area contributed by atoms with Gasteiger partial charge < -0.3 is 26.0 Å². The summed E-state index contributed by atoms with van der Waals surface area (Å²) >= 11 is 2.94. The van der Waals surface area contributed by atoms with Gasteiger partial charge in [0.1, 0.15) is 12.4 Å². The quantitative estimate of drug-likeness (QED) is 0.0627. The maximum Gasteiger partial charge on any atom is 0.407 e. The number of Topliss-reactive ketones (excluding diaryl/α,β-unsaturated/α-hetero) is 1. The van der Waals surface area contributed by atoms with Gasteiger partial charge in [0.05, 0.1) is 39.9 Å². The number of amides is 3. The molecule has 2 heterocycles. The number of nitrogens with one attached hydrogen (secondary N) is 2. The van der Waals surface area contributed by atoms with E-state index in [0.717, 1.165) is 33.0 Å². The zero-order valence-corrected chi connectivity index (χ0v) is 34.2. The van der Waals surface area contributed by atoms with Crippen molar-refractivity contribution in [3.63, 3.8) is 0 Å². The van der Waals surface area contributed by atoms with Crippen molar-refractivity contribution in [2.24, 2.45) is 16.0 Å². The molecule has 0 aliphatic heterocycles. The van der Waals surface area contributed by atoms with Gasteiger partial charge in [0.2, 0.25) is 0 Å². The third-order valence-electron chi connectivity index (χ3n) is 8.72. The second-order valence-corrected chi connectivity index (χ2v) is 17.4. The molecule has 0 bridgehead atoms. The number of ether oxygens (including phenoxy) is 1. The minimum absolute atomic E-state index is 0.0205. The fourth-order valence-corrected chi connectivity index (χ4v) is 7.82. The predicted octanol–water partition coefficient (Wildman–Crippen LogP) is 6.47. The summed E-state index contributed by atoms with van der Waals surface area (Å²) in [6.45, 7) is 4.47. The lowest BCUT2D eigenvalue weighted by molar-refractivity contribution is -0.122. The van der Waals surface area contributed by atoms with Gasteiger partial charge in [-0.15, -0.1) is 22.7 Å². The molecule has 0 aliphatic rings. The first-order valence-corrected chi connectivity index (χ1v) is 21.8. The number of benzene rings is 2. The molecule has 4 rings (SSSR count). The molecular formula is C39H51N7O6S3. The van der Waals surface area contributed by atoms with E-state index in [2.05, 4.69) is 38.8 Å². The highest BCUT2D eigenvalue weighted by atomic mass is 32.2. The number of carbonyl (C=O) groups is 3. The van der Waals surface area contributed by atoms with Crippen LogP contribution in [0.2, 0.25) is 0 Å². The Labute approximate surface area is 331 Å². The predicted molar refractivity (Wildman–Crippen MR) is 218 cm³/mol. The first kappa shape index (κ1) is 43.1. The lowest BCUT2D eigenvalue weighted by Gasteiger charge is -2.26. The zero-order chi connectivity index (χ0) is 39.8. The van der Waals surface area contributed by atoms with Crippen LogP contribution in [0, 0.1) is 5.92 Å². The van der Waals surface area contributed by atoms with Crippen molar-refractivity contribution >= 4 is 56.4 Å². The van der Waals surface area contributed by atoms with Gasteiger partial charge in [0, 0.05) is 43.4 Å². The van der Waals surface area contributed by atoms with Gasteiger partial charge >= 0.3 is 12.1 Å². The number of aromatic nitrogens is 2. The molecule has 16 heteroatoms. The molecule has 2 aromatic heterocycles. The number of hydrogen-bond donors (Lipinski definition) is 3. The van der Waals surface area contributed by atoms with E-state index in [1.807, 2.05) is 66.0 Å². The lowest BCUT2D eigenvalue weighted by atomic mass is 9.86. The summed E-state index contributed by atoms with van der Waals surface area (Å²) in [6, 6.07) is 17.9. The average molecular weight is 810 g/mol. The van der Waals surface area contributed by atoms with Gasteiger partial charge in [0.15, 0.2) is 5.78 Å². The fraction of sp³-hybridized carbons (Fsp3) is 0.436. The summed E-state index contributed by atoms with van der Waals surface area (Å²) in [6.07, 6.45) is 4.49. The number of hydrogen-bond acceptors (Lipinski definition) is 10. The van der Waals surface area contributed by atoms with Gasteiger partial charge in [-0.2, -0.15) is 4.40 Å². The van der Waals surface area contributed by atoms with Crippen LogP contribution < -0.4 is 16.4 Å². The van der Waals surface area contributed by atoms with Crippen LogP contribution in [0.4, 0.5) is 9.59 Å². The van der Waals surface area contributed by atoms with E-state index >= 15 is 0 Å². The molecule has 2 aromatic carbocycles. The van der Waals surface area contributed by atoms with E-state index in [4.69, 9.17) is 10.5 Å². The number of rotatable bonds is 21. The van der Waals surface area contributed by atoms with Gasteiger partial charge in [0.25, 0.3) is 10.0 Å². The Hall–Kier alpha value is -4.67. The third-order valence-corrected chi connectivity index (χ3v) is 11.2. The molecule has 296 valence electrons. The van der Waals surface area contributed by atoms with Crippen molar-refractivity contribution in [1.82, 2.24) is 25.5 Å². The molecule has 4 N–H and O–H groups in total. The summed E-state index contributed by atoms with van der Waals surface area (Å²) < 4.78 is 32.6. The first-order chi connectivity index (χ1) is 26.2. The molecule has 3 atom stereocenters. The molecule has 0 aliphatic carbocycles. The second-order valence-electron chi connectivity index (χ2n) is 13.9. The van der Waals surface area contributed by atoms with Crippen LogP contribution in [0.1, 0.15) is 78.6 Å². The molecule has 3 amide bonds. The summed E-state index contributed by atoms with van der Waals surface area (Å²) in [7, 11) is -2.12. The topological polar surface area (TPSA) is 186 Å². The maximum atomic E-state index is 14.2. The molecular weight excluding hydrogens is 759 g/mol. The van der Waals surface area contributed by atoms with Gasteiger partial charge in [-0.25, -0.2) is 23.0 Å². The van der Waals surface area contributed by atoms with Crippen LogP contribution in [0.15, 0.2) is 82.1 Å². The normalized spacial score (nSPS) is 13.5. The largest absolute Gasteiger partial charge is 0.444 e. The van der Waals surface area contributed by atoms with E-state index in [9.17, 15) is 22.8 Å². The van der Waals surface area contributed by atoms with Crippen molar-refractivity contribution < 1.29 is 27.5 Å². The van der Waals surface area contributed by atoms with E-state index in [1.165, 1.54) is 27.6 Å². The highest BCUT2D eigenvalue weighted by molar-refractivity contribution is 7.89.